The minimum absolute atomic E-state index is 0.125. The molecule has 4 heterocycles. The molecule has 0 N–H and O–H groups in total. The van der Waals surface area contributed by atoms with Gasteiger partial charge in [-0.25, -0.2) is 0 Å². The average Bonchev–Trinajstić information content (AvgIpc) is 3.75. The Morgan fingerprint density at radius 3 is 1.26 bits per heavy atom. The van der Waals surface area contributed by atoms with Crippen LogP contribution in [0.5, 0.6) is 0 Å². The minimum Gasteiger partial charge on any atom is -0.272 e. The lowest BCUT2D eigenvalue weighted by atomic mass is 10.0. The number of hydrogen-bond acceptors (Lipinski definition) is 6. The summed E-state index contributed by atoms with van der Waals surface area (Å²) in [4.78, 5) is 59.1. The van der Waals surface area contributed by atoms with E-state index in [9.17, 15) is 19.2 Å². The van der Waals surface area contributed by atoms with E-state index in [1.165, 1.54) is 9.80 Å². The highest BCUT2D eigenvalue weighted by Gasteiger charge is 2.39. The van der Waals surface area contributed by atoms with Crippen LogP contribution in [0, 0.1) is 0 Å². The number of benzene rings is 2. The molecule has 4 aromatic rings. The molecule has 0 saturated heterocycles. The van der Waals surface area contributed by atoms with Crippen molar-refractivity contribution in [2.45, 2.75) is 65.5 Å². The molecule has 214 valence electrons. The summed E-state index contributed by atoms with van der Waals surface area (Å²) < 4.78 is 0. The quantitative estimate of drug-likeness (QED) is 0.182. The second-order valence-corrected chi connectivity index (χ2v) is 13.3. The van der Waals surface area contributed by atoms with Gasteiger partial charge in [-0.15, -0.1) is 22.7 Å². The zero-order valence-electron chi connectivity index (χ0n) is 24.1. The van der Waals surface area contributed by atoms with Crippen LogP contribution in [-0.2, 0) is 0 Å². The summed E-state index contributed by atoms with van der Waals surface area (Å²) in [5, 5.41) is 0. The van der Waals surface area contributed by atoms with Crippen LogP contribution in [0.2, 0.25) is 0 Å². The summed E-state index contributed by atoms with van der Waals surface area (Å²) in [6.45, 7) is 7.95. The lowest BCUT2D eigenvalue weighted by molar-refractivity contribution is 0.0573. The van der Waals surface area contributed by atoms with Gasteiger partial charge in [-0.1, -0.05) is 38.8 Å². The van der Waals surface area contributed by atoms with Gasteiger partial charge in [0.25, 0.3) is 23.6 Å². The highest BCUT2D eigenvalue weighted by Crippen LogP contribution is 2.42. The van der Waals surface area contributed by atoms with E-state index in [-0.39, 0.29) is 35.7 Å². The van der Waals surface area contributed by atoms with Crippen molar-refractivity contribution in [3.8, 4) is 30.6 Å². The Morgan fingerprint density at radius 2 is 0.881 bits per heavy atom. The molecule has 2 aliphatic rings. The first-order valence-electron chi connectivity index (χ1n) is 14.5. The highest BCUT2D eigenvalue weighted by molar-refractivity contribution is 7.25. The molecule has 0 aliphatic carbocycles. The van der Waals surface area contributed by atoms with Crippen LogP contribution in [0.1, 0.15) is 94.8 Å². The summed E-state index contributed by atoms with van der Waals surface area (Å²) in [5.41, 5.74) is 3.73. The summed E-state index contributed by atoms with van der Waals surface area (Å²) >= 11 is 3.27. The van der Waals surface area contributed by atoms with Crippen LogP contribution in [0.3, 0.4) is 0 Å². The smallest absolute Gasteiger partial charge is 0.261 e. The summed E-state index contributed by atoms with van der Waals surface area (Å²) in [6.07, 6.45) is 3.38. The third-order valence-electron chi connectivity index (χ3n) is 8.15. The third kappa shape index (κ3) is 4.63. The molecule has 0 saturated carbocycles. The van der Waals surface area contributed by atoms with Crippen molar-refractivity contribution in [1.82, 2.24) is 9.80 Å². The number of thiophene rings is 2. The predicted molar refractivity (Wildman–Crippen MR) is 168 cm³/mol. The Kier molecular flexibility index (Phi) is 7.45. The van der Waals surface area contributed by atoms with E-state index in [0.29, 0.717) is 22.3 Å². The van der Waals surface area contributed by atoms with Crippen LogP contribution in [-0.4, -0.2) is 45.5 Å². The van der Waals surface area contributed by atoms with Gasteiger partial charge in [0.15, 0.2) is 0 Å². The molecule has 4 amide bonds. The first-order chi connectivity index (χ1) is 20.2. The van der Waals surface area contributed by atoms with Gasteiger partial charge in [0.05, 0.1) is 22.3 Å². The molecule has 0 fully saturated rings. The predicted octanol–water partition coefficient (Wildman–Crippen LogP) is 8.38. The SMILES string of the molecule is CCCC(C)N1C(=O)c2ccc(-c3ccc(-c4ccc(-c5ccc6c(c5)C(=O)N(C(C)CCC)C6=O)s4)s3)cc2C1=O. The highest BCUT2D eigenvalue weighted by atomic mass is 32.1. The fourth-order valence-electron chi connectivity index (χ4n) is 5.97. The monoisotopic (exact) mass is 596 g/mol. The van der Waals surface area contributed by atoms with Gasteiger partial charge in [0.1, 0.15) is 0 Å². The molecule has 42 heavy (non-hydrogen) atoms. The largest absolute Gasteiger partial charge is 0.272 e. The maximum absolute atomic E-state index is 13.1. The van der Waals surface area contributed by atoms with Crippen molar-refractivity contribution < 1.29 is 19.2 Å². The normalized spacial score (nSPS) is 15.9. The van der Waals surface area contributed by atoms with Gasteiger partial charge < -0.3 is 0 Å². The summed E-state index contributed by atoms with van der Waals surface area (Å²) in [6, 6.07) is 19.1. The Balaban J connectivity index is 1.24. The van der Waals surface area contributed by atoms with Crippen LogP contribution in [0.15, 0.2) is 60.7 Å². The Hall–Kier alpha value is -3.88. The molecule has 2 aromatic heterocycles. The van der Waals surface area contributed by atoms with Crippen molar-refractivity contribution in [2.24, 2.45) is 0 Å². The number of carbonyl (C=O) groups is 4. The van der Waals surface area contributed by atoms with Crippen molar-refractivity contribution in [3.05, 3.63) is 82.9 Å². The zero-order valence-corrected chi connectivity index (χ0v) is 25.7. The van der Waals surface area contributed by atoms with Crippen LogP contribution >= 0.6 is 22.7 Å². The van der Waals surface area contributed by atoms with Gasteiger partial charge in [-0.05, 0) is 86.3 Å². The van der Waals surface area contributed by atoms with E-state index in [1.807, 2.05) is 50.2 Å². The lowest BCUT2D eigenvalue weighted by Crippen LogP contribution is -2.37. The molecule has 2 unspecified atom stereocenters. The molecule has 2 aliphatic heterocycles. The fourth-order valence-corrected chi connectivity index (χ4v) is 8.07. The number of imide groups is 2. The molecular formula is C34H32N2O4S2. The van der Waals surface area contributed by atoms with Gasteiger partial charge in [0.2, 0.25) is 0 Å². The van der Waals surface area contributed by atoms with Gasteiger partial charge >= 0.3 is 0 Å². The molecule has 6 rings (SSSR count). The van der Waals surface area contributed by atoms with E-state index in [0.717, 1.165) is 56.3 Å². The van der Waals surface area contributed by atoms with Gasteiger partial charge in [-0.3, -0.25) is 29.0 Å². The maximum atomic E-state index is 13.1. The second-order valence-electron chi connectivity index (χ2n) is 11.1. The molecule has 6 nitrogen and oxygen atoms in total. The number of nitrogens with zero attached hydrogens (tertiary/aromatic N) is 2. The standard InChI is InChI=1S/C34H32N2O4S2/c1-5-7-19(3)35-31(37)23-11-9-21(17-25(23)33(35)39)27-13-15-29(41-27)30-16-14-28(42-30)22-10-12-24-26(18-22)34(40)36(32(24)38)20(4)8-6-2/h9-20H,5-8H2,1-4H3. The Morgan fingerprint density at radius 1 is 0.524 bits per heavy atom. The first kappa shape index (κ1) is 28.2. The Labute approximate surface area is 253 Å². The minimum atomic E-state index is -0.213. The number of hydrogen-bond donors (Lipinski definition) is 0. The van der Waals surface area contributed by atoms with Crippen LogP contribution in [0.25, 0.3) is 30.6 Å². The zero-order chi connectivity index (χ0) is 29.7. The average molecular weight is 597 g/mol. The third-order valence-corrected chi connectivity index (χ3v) is 10.6. The number of carbonyl (C=O) groups excluding carboxylic acids is 4. The first-order valence-corrected chi connectivity index (χ1v) is 16.1. The molecular weight excluding hydrogens is 565 g/mol. The lowest BCUT2D eigenvalue weighted by Gasteiger charge is -2.21. The molecule has 2 aromatic carbocycles. The van der Waals surface area contributed by atoms with Crippen molar-refractivity contribution in [3.63, 3.8) is 0 Å². The molecule has 2 atom stereocenters. The molecule has 0 spiro atoms. The topological polar surface area (TPSA) is 74.8 Å². The van der Waals surface area contributed by atoms with Crippen LogP contribution < -0.4 is 0 Å². The Bertz CT molecular complexity index is 1620. The van der Waals surface area contributed by atoms with E-state index in [2.05, 4.69) is 26.0 Å². The number of amides is 4. The van der Waals surface area contributed by atoms with Gasteiger partial charge in [0, 0.05) is 31.6 Å². The van der Waals surface area contributed by atoms with Crippen molar-refractivity contribution in [2.75, 3.05) is 0 Å². The number of rotatable bonds is 9. The van der Waals surface area contributed by atoms with E-state index in [4.69, 9.17) is 0 Å². The van der Waals surface area contributed by atoms with Crippen molar-refractivity contribution in [1.29, 1.82) is 0 Å². The molecule has 0 bridgehead atoms. The molecule has 8 heteroatoms. The second kappa shape index (κ2) is 11.1. The number of fused-ring (bicyclic) bond motifs is 2. The van der Waals surface area contributed by atoms with Crippen molar-refractivity contribution >= 4 is 46.3 Å². The summed E-state index contributed by atoms with van der Waals surface area (Å²) in [5.74, 6) is -0.840. The maximum Gasteiger partial charge on any atom is 0.261 e. The van der Waals surface area contributed by atoms with E-state index >= 15 is 0 Å². The van der Waals surface area contributed by atoms with Crippen LogP contribution in [0.4, 0.5) is 0 Å². The molecule has 0 radical (unpaired) electrons. The van der Waals surface area contributed by atoms with E-state index < -0.39 is 0 Å². The summed E-state index contributed by atoms with van der Waals surface area (Å²) in [7, 11) is 0. The van der Waals surface area contributed by atoms with E-state index in [1.54, 1.807) is 34.8 Å². The fraction of sp³-hybridized carbons (Fsp3) is 0.294. The van der Waals surface area contributed by atoms with Gasteiger partial charge in [-0.2, -0.15) is 0 Å².